The zero-order valence-corrected chi connectivity index (χ0v) is 8.08. The molecule has 6 rings (SSSR count). The van der Waals surface area contributed by atoms with E-state index in [2.05, 4.69) is 0 Å². The first-order valence-corrected chi connectivity index (χ1v) is 6.12. The molecule has 6 aliphatic rings. The standard InChI is InChI=1S/C12H16O2/c13-1-3-4(2-14)6-9-7-5(3)8-10(6)12(9)11(7)8/h3-14H,1-2H2/t3-,4+,5?,6?,7-,8+,9+,10-,11?,12?. The Hall–Kier alpha value is -0.0800. The van der Waals surface area contributed by atoms with Gasteiger partial charge in [0.1, 0.15) is 0 Å². The molecule has 2 bridgehead atoms. The molecule has 0 radical (unpaired) electrons. The fourth-order valence-electron chi connectivity index (χ4n) is 6.78. The van der Waals surface area contributed by atoms with Crippen LogP contribution in [0.1, 0.15) is 0 Å². The van der Waals surface area contributed by atoms with Crippen LogP contribution in [-0.2, 0) is 0 Å². The molecule has 2 nitrogen and oxygen atoms in total. The van der Waals surface area contributed by atoms with E-state index in [0.717, 1.165) is 47.3 Å². The predicted octanol–water partition coefficient (Wildman–Crippen LogP) is 0.201. The van der Waals surface area contributed by atoms with Gasteiger partial charge in [-0.2, -0.15) is 0 Å². The number of aliphatic hydroxyl groups is 2. The summed E-state index contributed by atoms with van der Waals surface area (Å²) in [6.45, 7) is 0.659. The summed E-state index contributed by atoms with van der Waals surface area (Å²) in [6, 6.07) is 0. The largest absolute Gasteiger partial charge is 0.396 e. The lowest BCUT2D eigenvalue weighted by Gasteiger charge is -2.95. The summed E-state index contributed by atoms with van der Waals surface area (Å²) in [5.41, 5.74) is 0. The molecule has 0 amide bonds. The molecule has 6 fully saturated rings. The van der Waals surface area contributed by atoms with Crippen LogP contribution in [-0.4, -0.2) is 23.4 Å². The average Bonchev–Trinajstić information content (AvgIpc) is 2.17. The fourth-order valence-corrected chi connectivity index (χ4v) is 6.78. The normalized spacial score (nSPS) is 79.3. The molecule has 76 valence electrons. The van der Waals surface area contributed by atoms with Gasteiger partial charge in [-0.05, 0) is 59.2 Å². The number of hydrogen-bond acceptors (Lipinski definition) is 2. The van der Waals surface area contributed by atoms with Gasteiger partial charge < -0.3 is 10.2 Å². The molecule has 14 heavy (non-hydrogen) atoms. The minimum absolute atomic E-state index is 0.330. The number of aliphatic hydroxyl groups excluding tert-OH is 2. The quantitative estimate of drug-likeness (QED) is 0.656. The van der Waals surface area contributed by atoms with Crippen LogP contribution >= 0.6 is 0 Å². The zero-order chi connectivity index (χ0) is 9.19. The van der Waals surface area contributed by atoms with Gasteiger partial charge in [0, 0.05) is 13.2 Å². The van der Waals surface area contributed by atoms with Crippen molar-refractivity contribution in [2.24, 2.45) is 59.2 Å². The molecule has 0 heterocycles. The average molecular weight is 192 g/mol. The van der Waals surface area contributed by atoms with Crippen molar-refractivity contribution in [3.05, 3.63) is 0 Å². The first-order valence-electron chi connectivity index (χ1n) is 6.12. The molecule has 0 spiro atoms. The zero-order valence-electron chi connectivity index (χ0n) is 8.08. The van der Waals surface area contributed by atoms with E-state index >= 15 is 0 Å². The molecule has 6 saturated carbocycles. The molecule has 0 aromatic heterocycles. The van der Waals surface area contributed by atoms with Crippen LogP contribution < -0.4 is 0 Å². The van der Waals surface area contributed by atoms with E-state index in [0.29, 0.717) is 25.0 Å². The molecule has 2 heteroatoms. The maximum atomic E-state index is 9.45. The van der Waals surface area contributed by atoms with Gasteiger partial charge in [-0.1, -0.05) is 0 Å². The fraction of sp³-hybridized carbons (Fsp3) is 1.00. The maximum absolute atomic E-state index is 9.45. The van der Waals surface area contributed by atoms with E-state index in [1.54, 1.807) is 0 Å². The van der Waals surface area contributed by atoms with Gasteiger partial charge in [0.2, 0.25) is 0 Å². The summed E-state index contributed by atoms with van der Waals surface area (Å²) in [6.07, 6.45) is 0. The Kier molecular flexibility index (Phi) is 0.931. The molecular weight excluding hydrogens is 176 g/mol. The van der Waals surface area contributed by atoms with Gasteiger partial charge in [0.15, 0.2) is 0 Å². The topological polar surface area (TPSA) is 40.5 Å². The minimum Gasteiger partial charge on any atom is -0.396 e. The van der Waals surface area contributed by atoms with Crippen molar-refractivity contribution in [3.63, 3.8) is 0 Å². The molecule has 2 N–H and O–H groups in total. The van der Waals surface area contributed by atoms with E-state index in [1.165, 1.54) is 0 Å². The third kappa shape index (κ3) is 0.396. The van der Waals surface area contributed by atoms with Gasteiger partial charge in [-0.15, -0.1) is 0 Å². The summed E-state index contributed by atoms with van der Waals surface area (Å²) in [5.74, 6) is 8.77. The maximum Gasteiger partial charge on any atom is 0.0465 e. The lowest BCUT2D eigenvalue weighted by atomic mass is 9.09. The van der Waals surface area contributed by atoms with Crippen LogP contribution in [0, 0.1) is 59.2 Å². The molecule has 4 unspecified atom stereocenters. The van der Waals surface area contributed by atoms with E-state index < -0.39 is 0 Å². The van der Waals surface area contributed by atoms with Crippen LogP contribution in [0.4, 0.5) is 0 Å². The van der Waals surface area contributed by atoms with Crippen LogP contribution in [0.2, 0.25) is 0 Å². The Morgan fingerprint density at radius 3 is 1.07 bits per heavy atom. The molecule has 0 saturated heterocycles. The highest BCUT2D eigenvalue weighted by Gasteiger charge is 2.90. The van der Waals surface area contributed by atoms with Gasteiger partial charge >= 0.3 is 0 Å². The molecule has 0 aliphatic heterocycles. The molecule has 6 aliphatic carbocycles. The predicted molar refractivity (Wildman–Crippen MR) is 49.1 cm³/mol. The second-order valence-electron chi connectivity index (χ2n) is 6.31. The number of hydrogen-bond donors (Lipinski definition) is 2. The molecule has 0 aromatic rings. The summed E-state index contributed by atoms with van der Waals surface area (Å²) >= 11 is 0. The van der Waals surface area contributed by atoms with Crippen LogP contribution in [0.15, 0.2) is 0 Å². The van der Waals surface area contributed by atoms with E-state index in [9.17, 15) is 10.2 Å². The highest BCUT2D eigenvalue weighted by Crippen LogP contribution is 2.93. The second-order valence-corrected chi connectivity index (χ2v) is 6.31. The van der Waals surface area contributed by atoms with Crippen LogP contribution in [0.25, 0.3) is 0 Å². The minimum atomic E-state index is 0.330. The Labute approximate surface area is 83.3 Å². The Bertz CT molecular complexity index is 272. The number of fused-ring (bicyclic) bond motifs is 1. The van der Waals surface area contributed by atoms with Crippen molar-refractivity contribution in [1.82, 2.24) is 0 Å². The smallest absolute Gasteiger partial charge is 0.0465 e. The Morgan fingerprint density at radius 2 is 0.786 bits per heavy atom. The Morgan fingerprint density at radius 1 is 0.500 bits per heavy atom. The first kappa shape index (κ1) is 7.24. The van der Waals surface area contributed by atoms with Gasteiger partial charge in [0.25, 0.3) is 0 Å². The number of rotatable bonds is 2. The molecule has 10 atom stereocenters. The third-order valence-corrected chi connectivity index (χ3v) is 6.85. The summed E-state index contributed by atoms with van der Waals surface area (Å²) in [5, 5.41) is 18.9. The monoisotopic (exact) mass is 192 g/mol. The van der Waals surface area contributed by atoms with Gasteiger partial charge in [0.05, 0.1) is 0 Å². The summed E-state index contributed by atoms with van der Waals surface area (Å²) < 4.78 is 0. The van der Waals surface area contributed by atoms with Crippen molar-refractivity contribution < 1.29 is 10.2 Å². The van der Waals surface area contributed by atoms with E-state index in [4.69, 9.17) is 0 Å². The Balaban J connectivity index is 1.60. The van der Waals surface area contributed by atoms with Crippen molar-refractivity contribution in [1.29, 1.82) is 0 Å². The summed E-state index contributed by atoms with van der Waals surface area (Å²) in [7, 11) is 0. The lowest BCUT2D eigenvalue weighted by Crippen LogP contribution is -2.92. The van der Waals surface area contributed by atoms with Crippen molar-refractivity contribution in [2.45, 2.75) is 0 Å². The van der Waals surface area contributed by atoms with Crippen LogP contribution in [0.5, 0.6) is 0 Å². The first-order chi connectivity index (χ1) is 6.90. The second kappa shape index (κ2) is 1.80. The van der Waals surface area contributed by atoms with Gasteiger partial charge in [-0.3, -0.25) is 0 Å². The van der Waals surface area contributed by atoms with Crippen molar-refractivity contribution >= 4 is 0 Å². The third-order valence-electron chi connectivity index (χ3n) is 6.85. The van der Waals surface area contributed by atoms with Crippen molar-refractivity contribution in [3.8, 4) is 0 Å². The van der Waals surface area contributed by atoms with Crippen LogP contribution in [0.3, 0.4) is 0 Å². The van der Waals surface area contributed by atoms with Gasteiger partial charge in [-0.25, -0.2) is 0 Å². The SMILES string of the molecule is OC[C@@H]1C2[C@H]3C4C5[C@H](C([C@H]53)[C@@H]1CO)[C@@H]42. The van der Waals surface area contributed by atoms with E-state index in [1.807, 2.05) is 0 Å². The lowest BCUT2D eigenvalue weighted by molar-refractivity contribution is -0.488. The summed E-state index contributed by atoms with van der Waals surface area (Å²) in [4.78, 5) is 0. The van der Waals surface area contributed by atoms with Crippen molar-refractivity contribution in [2.75, 3.05) is 13.2 Å². The molecular formula is C12H16O2. The molecule has 0 aromatic carbocycles. The highest BCUT2D eigenvalue weighted by molar-refractivity contribution is 5.36. The highest BCUT2D eigenvalue weighted by atomic mass is 16.3. The van der Waals surface area contributed by atoms with E-state index in [-0.39, 0.29) is 0 Å².